The van der Waals surface area contributed by atoms with Gasteiger partial charge in [0, 0.05) is 19.8 Å². The molecule has 0 aromatic heterocycles. The average molecular weight is 251 g/mol. The number of anilines is 1. The molecule has 0 bridgehead atoms. The van der Waals surface area contributed by atoms with Gasteiger partial charge in [-0.3, -0.25) is 4.79 Å². The van der Waals surface area contributed by atoms with Crippen LogP contribution < -0.4 is 4.90 Å². The van der Waals surface area contributed by atoms with E-state index in [9.17, 15) is 9.18 Å². The van der Waals surface area contributed by atoms with Crippen LogP contribution in [-0.4, -0.2) is 25.2 Å². The Morgan fingerprint density at radius 2 is 2.17 bits per heavy atom. The summed E-state index contributed by atoms with van der Waals surface area (Å²) in [6, 6.07) is 4.63. The summed E-state index contributed by atoms with van der Waals surface area (Å²) >= 11 is 0. The molecule has 2 rings (SSSR count). The molecule has 0 heterocycles. The summed E-state index contributed by atoms with van der Waals surface area (Å²) in [6.45, 7) is 0. The van der Waals surface area contributed by atoms with Crippen LogP contribution in [0.15, 0.2) is 18.2 Å². The van der Waals surface area contributed by atoms with Gasteiger partial charge in [0.05, 0.1) is 6.42 Å². The predicted molar refractivity (Wildman–Crippen MR) is 68.4 cm³/mol. The lowest BCUT2D eigenvalue weighted by Crippen LogP contribution is -2.16. The zero-order valence-corrected chi connectivity index (χ0v) is 10.7. The maximum Gasteiger partial charge on any atom is 0.303 e. The van der Waals surface area contributed by atoms with Crippen LogP contribution in [-0.2, 0) is 4.79 Å². The molecule has 1 saturated carbocycles. The molecular weight excluding hydrogens is 233 g/mol. The molecule has 1 unspecified atom stereocenters. The molecule has 18 heavy (non-hydrogen) atoms. The maximum absolute atomic E-state index is 13.3. The largest absolute Gasteiger partial charge is 0.481 e. The highest BCUT2D eigenvalue weighted by molar-refractivity contribution is 5.69. The van der Waals surface area contributed by atoms with Crippen LogP contribution in [0.5, 0.6) is 0 Å². The van der Waals surface area contributed by atoms with Crippen molar-refractivity contribution in [2.45, 2.75) is 25.2 Å². The molecule has 4 heteroatoms. The summed E-state index contributed by atoms with van der Waals surface area (Å²) in [5.41, 5.74) is 1.74. The van der Waals surface area contributed by atoms with Crippen LogP contribution >= 0.6 is 0 Å². The number of nitrogens with zero attached hydrogens (tertiary/aromatic N) is 1. The lowest BCUT2D eigenvalue weighted by atomic mass is 9.89. The molecule has 0 radical (unpaired) electrons. The van der Waals surface area contributed by atoms with Gasteiger partial charge in [-0.25, -0.2) is 4.39 Å². The summed E-state index contributed by atoms with van der Waals surface area (Å²) < 4.78 is 13.3. The molecule has 1 atom stereocenters. The molecule has 1 fully saturated rings. The van der Waals surface area contributed by atoms with Crippen LogP contribution in [0.4, 0.5) is 10.1 Å². The third-order valence-corrected chi connectivity index (χ3v) is 3.46. The second kappa shape index (κ2) is 4.96. The number of carboxylic acid groups (broad SMARTS) is 1. The van der Waals surface area contributed by atoms with Crippen molar-refractivity contribution >= 4 is 11.7 Å². The topological polar surface area (TPSA) is 40.5 Å². The molecule has 3 nitrogen and oxygen atoms in total. The average Bonchev–Trinajstić information content (AvgIpc) is 3.09. The van der Waals surface area contributed by atoms with Crippen molar-refractivity contribution in [2.75, 3.05) is 19.0 Å². The first-order valence-corrected chi connectivity index (χ1v) is 6.17. The fraction of sp³-hybridized carbons (Fsp3) is 0.500. The monoisotopic (exact) mass is 251 g/mol. The Balaban J connectivity index is 2.36. The van der Waals surface area contributed by atoms with E-state index in [2.05, 4.69) is 0 Å². The van der Waals surface area contributed by atoms with E-state index in [1.807, 2.05) is 19.0 Å². The van der Waals surface area contributed by atoms with Gasteiger partial charge in [-0.15, -0.1) is 0 Å². The second-order valence-corrected chi connectivity index (χ2v) is 5.14. The zero-order valence-electron chi connectivity index (χ0n) is 10.7. The Morgan fingerprint density at radius 3 is 2.67 bits per heavy atom. The predicted octanol–water partition coefficient (Wildman–Crippen LogP) is 2.86. The molecular formula is C14H18FNO2. The highest BCUT2D eigenvalue weighted by Crippen LogP contribution is 2.46. The fourth-order valence-electron chi connectivity index (χ4n) is 2.43. The Morgan fingerprint density at radius 1 is 1.50 bits per heavy atom. The molecule has 1 N–H and O–H groups in total. The van der Waals surface area contributed by atoms with E-state index in [1.165, 1.54) is 12.1 Å². The summed E-state index contributed by atoms with van der Waals surface area (Å²) in [6.07, 6.45) is 2.27. The van der Waals surface area contributed by atoms with Gasteiger partial charge in [-0.1, -0.05) is 6.07 Å². The van der Waals surface area contributed by atoms with E-state index < -0.39 is 5.97 Å². The first-order chi connectivity index (χ1) is 8.49. The number of aliphatic carboxylic acids is 1. The molecule has 0 aliphatic heterocycles. The molecule has 98 valence electrons. The third kappa shape index (κ3) is 2.81. The molecule has 1 aliphatic carbocycles. The Kier molecular flexibility index (Phi) is 3.55. The Hall–Kier alpha value is -1.58. The number of benzene rings is 1. The van der Waals surface area contributed by atoms with Crippen molar-refractivity contribution < 1.29 is 14.3 Å². The van der Waals surface area contributed by atoms with Crippen LogP contribution in [0.2, 0.25) is 0 Å². The van der Waals surface area contributed by atoms with E-state index >= 15 is 0 Å². The van der Waals surface area contributed by atoms with Gasteiger partial charge < -0.3 is 10.0 Å². The van der Waals surface area contributed by atoms with Gasteiger partial charge in [0.2, 0.25) is 0 Å². The van der Waals surface area contributed by atoms with Gasteiger partial charge >= 0.3 is 5.97 Å². The van der Waals surface area contributed by atoms with Crippen LogP contribution in [0.3, 0.4) is 0 Å². The molecule has 0 spiro atoms. The lowest BCUT2D eigenvalue weighted by Gasteiger charge is -2.23. The van der Waals surface area contributed by atoms with Crippen LogP contribution in [0.25, 0.3) is 0 Å². The summed E-state index contributed by atoms with van der Waals surface area (Å²) in [4.78, 5) is 12.8. The Bertz CT molecular complexity index is 455. The minimum absolute atomic E-state index is 0.000463. The SMILES string of the molecule is CN(C)c1cc(F)ccc1C(CC(=O)O)C1CC1. The van der Waals surface area contributed by atoms with E-state index in [1.54, 1.807) is 6.07 Å². The van der Waals surface area contributed by atoms with Crippen molar-refractivity contribution in [3.63, 3.8) is 0 Å². The number of rotatable bonds is 5. The molecule has 1 aromatic rings. The molecule has 1 aliphatic rings. The van der Waals surface area contributed by atoms with Crippen molar-refractivity contribution in [3.05, 3.63) is 29.6 Å². The van der Waals surface area contributed by atoms with E-state index in [0.717, 1.165) is 24.1 Å². The van der Waals surface area contributed by atoms with E-state index in [-0.39, 0.29) is 18.2 Å². The van der Waals surface area contributed by atoms with E-state index in [0.29, 0.717) is 5.92 Å². The zero-order chi connectivity index (χ0) is 13.3. The molecule has 1 aromatic carbocycles. The third-order valence-electron chi connectivity index (χ3n) is 3.46. The first-order valence-electron chi connectivity index (χ1n) is 6.17. The smallest absolute Gasteiger partial charge is 0.303 e. The fourth-order valence-corrected chi connectivity index (χ4v) is 2.43. The molecule has 0 saturated heterocycles. The number of halogens is 1. The highest BCUT2D eigenvalue weighted by Gasteiger charge is 2.35. The lowest BCUT2D eigenvalue weighted by molar-refractivity contribution is -0.137. The highest BCUT2D eigenvalue weighted by atomic mass is 19.1. The minimum Gasteiger partial charge on any atom is -0.481 e. The van der Waals surface area contributed by atoms with Crippen LogP contribution in [0, 0.1) is 11.7 Å². The maximum atomic E-state index is 13.3. The summed E-state index contributed by atoms with van der Waals surface area (Å²) in [5.74, 6) is -0.640. The van der Waals surface area contributed by atoms with Gasteiger partial charge in [-0.05, 0) is 42.4 Å². The number of hydrogen-bond acceptors (Lipinski definition) is 2. The summed E-state index contributed by atoms with van der Waals surface area (Å²) in [5, 5.41) is 9.02. The molecule has 0 amide bonds. The minimum atomic E-state index is -0.791. The Labute approximate surface area is 106 Å². The van der Waals surface area contributed by atoms with Gasteiger partial charge in [0.1, 0.15) is 5.82 Å². The number of carbonyl (C=O) groups is 1. The van der Waals surface area contributed by atoms with Crippen LogP contribution in [0.1, 0.15) is 30.7 Å². The first kappa shape index (κ1) is 12.9. The second-order valence-electron chi connectivity index (χ2n) is 5.14. The number of carboxylic acids is 1. The van der Waals surface area contributed by atoms with Crippen molar-refractivity contribution in [2.24, 2.45) is 5.92 Å². The van der Waals surface area contributed by atoms with Crippen molar-refractivity contribution in [1.82, 2.24) is 0 Å². The quantitative estimate of drug-likeness (QED) is 0.874. The van der Waals surface area contributed by atoms with E-state index in [4.69, 9.17) is 5.11 Å². The van der Waals surface area contributed by atoms with Gasteiger partial charge in [0.15, 0.2) is 0 Å². The van der Waals surface area contributed by atoms with Crippen molar-refractivity contribution in [1.29, 1.82) is 0 Å². The van der Waals surface area contributed by atoms with Gasteiger partial charge in [-0.2, -0.15) is 0 Å². The normalized spacial score (nSPS) is 16.4. The summed E-state index contributed by atoms with van der Waals surface area (Å²) in [7, 11) is 3.70. The standard InChI is InChI=1S/C14H18FNO2/c1-16(2)13-7-10(15)5-6-11(13)12(8-14(17)18)9-3-4-9/h5-7,9,12H,3-4,8H2,1-2H3,(H,17,18). The van der Waals surface area contributed by atoms with Crippen molar-refractivity contribution in [3.8, 4) is 0 Å². The number of hydrogen-bond donors (Lipinski definition) is 1. The van der Waals surface area contributed by atoms with Gasteiger partial charge in [0.25, 0.3) is 0 Å².